The maximum atomic E-state index is 9.66. The van der Waals surface area contributed by atoms with Crippen LogP contribution in [0.1, 0.15) is 57.7 Å². The number of hydrogen-bond acceptors (Lipinski definition) is 3. The molecule has 4 nitrogen and oxygen atoms in total. The summed E-state index contributed by atoms with van der Waals surface area (Å²) in [6.07, 6.45) is 8.16. The van der Waals surface area contributed by atoms with Crippen LogP contribution < -0.4 is 5.32 Å². The molecule has 1 aliphatic carbocycles. The molecule has 0 atom stereocenters. The van der Waals surface area contributed by atoms with Gasteiger partial charge in [-0.2, -0.15) is 5.10 Å². The number of rotatable bonds is 6. The molecule has 1 fully saturated rings. The van der Waals surface area contributed by atoms with E-state index in [1.807, 2.05) is 10.9 Å². The van der Waals surface area contributed by atoms with E-state index in [4.69, 9.17) is 0 Å². The molecule has 4 heteroatoms. The van der Waals surface area contributed by atoms with Crippen LogP contribution in [0.5, 0.6) is 0 Å². The van der Waals surface area contributed by atoms with Crippen LogP contribution in [0.25, 0.3) is 0 Å². The SMILES string of the molecule is CC(C)n1ccc(CNCC2(CO)CCCCC2)n1. The van der Waals surface area contributed by atoms with Crippen molar-refractivity contribution < 1.29 is 5.11 Å². The van der Waals surface area contributed by atoms with Crippen LogP contribution in [0.4, 0.5) is 0 Å². The fourth-order valence-corrected chi connectivity index (χ4v) is 2.91. The van der Waals surface area contributed by atoms with Crippen LogP contribution in [0.3, 0.4) is 0 Å². The Bertz CT molecular complexity index is 380. The van der Waals surface area contributed by atoms with Gasteiger partial charge in [-0.1, -0.05) is 19.3 Å². The summed E-state index contributed by atoms with van der Waals surface area (Å²) in [5.41, 5.74) is 1.19. The van der Waals surface area contributed by atoms with Gasteiger partial charge in [0.1, 0.15) is 0 Å². The smallest absolute Gasteiger partial charge is 0.0762 e. The van der Waals surface area contributed by atoms with Crippen molar-refractivity contribution in [2.45, 2.75) is 58.5 Å². The van der Waals surface area contributed by atoms with Crippen LogP contribution in [0.2, 0.25) is 0 Å². The summed E-state index contributed by atoms with van der Waals surface area (Å²) >= 11 is 0. The van der Waals surface area contributed by atoms with E-state index in [0.717, 1.165) is 31.6 Å². The zero-order valence-electron chi connectivity index (χ0n) is 12.2. The third-order valence-corrected chi connectivity index (χ3v) is 4.25. The average Bonchev–Trinajstić information content (AvgIpc) is 2.89. The van der Waals surface area contributed by atoms with Crippen molar-refractivity contribution in [3.8, 4) is 0 Å². The van der Waals surface area contributed by atoms with Crippen LogP contribution >= 0.6 is 0 Å². The molecule has 0 spiro atoms. The van der Waals surface area contributed by atoms with E-state index in [9.17, 15) is 5.11 Å². The van der Waals surface area contributed by atoms with E-state index in [0.29, 0.717) is 12.6 Å². The zero-order valence-corrected chi connectivity index (χ0v) is 12.2. The Morgan fingerprint density at radius 2 is 2.11 bits per heavy atom. The van der Waals surface area contributed by atoms with Crippen molar-refractivity contribution in [2.75, 3.05) is 13.2 Å². The largest absolute Gasteiger partial charge is 0.396 e. The molecule has 0 aromatic carbocycles. The van der Waals surface area contributed by atoms with Gasteiger partial charge in [0.2, 0.25) is 0 Å². The van der Waals surface area contributed by atoms with Gasteiger partial charge in [0, 0.05) is 37.4 Å². The van der Waals surface area contributed by atoms with Crippen LogP contribution in [-0.2, 0) is 6.54 Å². The molecule has 0 radical (unpaired) electrons. The molecule has 1 aliphatic rings. The highest BCUT2D eigenvalue weighted by Crippen LogP contribution is 2.35. The minimum absolute atomic E-state index is 0.110. The molecule has 0 bridgehead atoms. The minimum atomic E-state index is 0.110. The monoisotopic (exact) mass is 265 g/mol. The van der Waals surface area contributed by atoms with Crippen molar-refractivity contribution >= 4 is 0 Å². The number of aliphatic hydroxyl groups is 1. The van der Waals surface area contributed by atoms with Gasteiger partial charge in [-0.3, -0.25) is 4.68 Å². The molecule has 0 saturated heterocycles. The number of nitrogens with one attached hydrogen (secondary N) is 1. The molecule has 1 aromatic rings. The summed E-state index contributed by atoms with van der Waals surface area (Å²) in [6.45, 7) is 6.26. The first kappa shape index (κ1) is 14.5. The highest BCUT2D eigenvalue weighted by molar-refractivity contribution is 4.99. The highest BCUT2D eigenvalue weighted by atomic mass is 16.3. The molecule has 1 heterocycles. The van der Waals surface area contributed by atoms with E-state index >= 15 is 0 Å². The van der Waals surface area contributed by atoms with E-state index in [1.165, 1.54) is 19.3 Å². The Morgan fingerprint density at radius 1 is 1.37 bits per heavy atom. The first-order chi connectivity index (χ1) is 9.15. The second kappa shape index (κ2) is 6.53. The van der Waals surface area contributed by atoms with E-state index < -0.39 is 0 Å². The van der Waals surface area contributed by atoms with Crippen molar-refractivity contribution in [3.05, 3.63) is 18.0 Å². The maximum Gasteiger partial charge on any atom is 0.0762 e. The lowest BCUT2D eigenvalue weighted by Crippen LogP contribution is -2.38. The quantitative estimate of drug-likeness (QED) is 0.831. The topological polar surface area (TPSA) is 50.1 Å². The lowest BCUT2D eigenvalue weighted by atomic mass is 9.74. The zero-order chi connectivity index (χ0) is 13.7. The standard InChI is InChI=1S/C15H27N3O/c1-13(2)18-9-6-14(17-18)10-16-11-15(12-19)7-4-3-5-8-15/h6,9,13,16,19H,3-5,7-8,10-12H2,1-2H3. The van der Waals surface area contributed by atoms with Crippen LogP contribution in [0.15, 0.2) is 12.3 Å². The molecule has 1 aromatic heterocycles. The van der Waals surface area contributed by atoms with E-state index in [-0.39, 0.29) is 5.41 Å². The maximum absolute atomic E-state index is 9.66. The Labute approximate surface area is 116 Å². The molecule has 2 N–H and O–H groups in total. The fourth-order valence-electron chi connectivity index (χ4n) is 2.91. The number of aromatic nitrogens is 2. The third-order valence-electron chi connectivity index (χ3n) is 4.25. The summed E-state index contributed by atoms with van der Waals surface area (Å²) in [5.74, 6) is 0. The van der Waals surface area contributed by atoms with Crippen LogP contribution in [-0.4, -0.2) is 28.0 Å². The van der Waals surface area contributed by atoms with Gasteiger partial charge in [0.05, 0.1) is 5.69 Å². The Balaban J connectivity index is 1.81. The Morgan fingerprint density at radius 3 is 2.68 bits per heavy atom. The molecule has 2 rings (SSSR count). The minimum Gasteiger partial charge on any atom is -0.396 e. The molecule has 0 amide bonds. The van der Waals surface area contributed by atoms with Crippen molar-refractivity contribution in [1.29, 1.82) is 0 Å². The first-order valence-corrected chi connectivity index (χ1v) is 7.51. The third kappa shape index (κ3) is 3.80. The molecule has 0 aliphatic heterocycles. The fraction of sp³-hybridized carbons (Fsp3) is 0.800. The first-order valence-electron chi connectivity index (χ1n) is 7.51. The normalized spacial score (nSPS) is 18.9. The lowest BCUT2D eigenvalue weighted by Gasteiger charge is -2.35. The predicted molar refractivity (Wildman–Crippen MR) is 76.9 cm³/mol. The van der Waals surface area contributed by atoms with Gasteiger partial charge >= 0.3 is 0 Å². The Hall–Kier alpha value is -0.870. The summed E-state index contributed by atoms with van der Waals surface area (Å²) in [4.78, 5) is 0. The molecule has 19 heavy (non-hydrogen) atoms. The van der Waals surface area contributed by atoms with Gasteiger partial charge < -0.3 is 10.4 Å². The number of hydrogen-bond donors (Lipinski definition) is 2. The molecule has 0 unspecified atom stereocenters. The molecule has 108 valence electrons. The van der Waals surface area contributed by atoms with Gasteiger partial charge in [-0.25, -0.2) is 0 Å². The predicted octanol–water partition coefficient (Wildman–Crippen LogP) is 2.50. The van der Waals surface area contributed by atoms with E-state index in [1.54, 1.807) is 0 Å². The molecular formula is C15H27N3O. The van der Waals surface area contributed by atoms with Gasteiger partial charge in [0.15, 0.2) is 0 Å². The summed E-state index contributed by atoms with van der Waals surface area (Å²) < 4.78 is 1.99. The number of aliphatic hydroxyl groups excluding tert-OH is 1. The van der Waals surface area contributed by atoms with Gasteiger partial charge in [-0.15, -0.1) is 0 Å². The second-order valence-electron chi connectivity index (χ2n) is 6.20. The molecular weight excluding hydrogens is 238 g/mol. The summed E-state index contributed by atoms with van der Waals surface area (Å²) in [6, 6.07) is 2.48. The van der Waals surface area contributed by atoms with Gasteiger partial charge in [0.25, 0.3) is 0 Å². The van der Waals surface area contributed by atoms with Crippen LogP contribution in [0, 0.1) is 5.41 Å². The number of nitrogens with zero attached hydrogens (tertiary/aromatic N) is 2. The average molecular weight is 265 g/mol. The van der Waals surface area contributed by atoms with Crippen molar-refractivity contribution in [1.82, 2.24) is 15.1 Å². The van der Waals surface area contributed by atoms with Crippen molar-refractivity contribution in [3.63, 3.8) is 0 Å². The highest BCUT2D eigenvalue weighted by Gasteiger charge is 2.30. The molecule has 1 saturated carbocycles. The van der Waals surface area contributed by atoms with Crippen molar-refractivity contribution in [2.24, 2.45) is 5.41 Å². The van der Waals surface area contributed by atoms with E-state index in [2.05, 4.69) is 30.3 Å². The lowest BCUT2D eigenvalue weighted by molar-refractivity contribution is 0.0809. The summed E-state index contributed by atoms with van der Waals surface area (Å²) in [7, 11) is 0. The Kier molecular flexibility index (Phi) is 4.99. The van der Waals surface area contributed by atoms with Gasteiger partial charge in [-0.05, 0) is 32.8 Å². The second-order valence-corrected chi connectivity index (χ2v) is 6.20. The summed E-state index contributed by atoms with van der Waals surface area (Å²) in [5, 5.41) is 17.7.